The second-order valence-electron chi connectivity index (χ2n) is 9.18. The molecule has 296 valence electrons. The number of alkyl halides is 9. The summed E-state index contributed by atoms with van der Waals surface area (Å²) in [6.07, 6.45) is -5.03. The third kappa shape index (κ3) is 46.0. The van der Waals surface area contributed by atoms with E-state index in [0.29, 0.717) is 19.6 Å². The first-order chi connectivity index (χ1) is 23.0. The summed E-state index contributed by atoms with van der Waals surface area (Å²) in [5.41, 5.74) is 7.78. The van der Waals surface area contributed by atoms with Crippen molar-refractivity contribution in [3.05, 3.63) is 0 Å². The van der Waals surface area contributed by atoms with Gasteiger partial charge in [0.2, 0.25) is 0 Å². The van der Waals surface area contributed by atoms with Gasteiger partial charge in [-0.2, -0.15) is 39.5 Å². The molecular weight excluding hydrogens is 713 g/mol. The van der Waals surface area contributed by atoms with Gasteiger partial charge in [-0.3, -0.25) is 9.79 Å². The second kappa shape index (κ2) is 32.1. The van der Waals surface area contributed by atoms with Crippen LogP contribution in [0.4, 0.5) is 44.3 Å². The summed E-state index contributed by atoms with van der Waals surface area (Å²) in [5.74, 6) is -3.46. The summed E-state index contributed by atoms with van der Waals surface area (Å²) in [4.78, 5) is 53.9. The van der Waals surface area contributed by atoms with Crippen LogP contribution in [0.2, 0.25) is 0 Å². The average molecular weight is 758 g/mol. The molecule has 0 rings (SSSR count). The van der Waals surface area contributed by atoms with Crippen molar-refractivity contribution in [1.29, 1.82) is 0 Å². The number of amides is 2. The van der Waals surface area contributed by atoms with Crippen LogP contribution < -0.4 is 33.0 Å². The van der Waals surface area contributed by atoms with E-state index in [1.807, 2.05) is 0 Å². The lowest BCUT2D eigenvalue weighted by Crippen LogP contribution is -2.33. The van der Waals surface area contributed by atoms with Gasteiger partial charge < -0.3 is 47.2 Å². The highest BCUT2D eigenvalue weighted by atomic mass is 19.4. The maximum atomic E-state index is 11.6. The molecule has 0 saturated heterocycles. The van der Waals surface area contributed by atoms with Gasteiger partial charge in [0.05, 0.1) is 6.34 Å². The molecule has 0 radical (unpaired) electrons. The molecule has 0 aliphatic carbocycles. The van der Waals surface area contributed by atoms with Crippen molar-refractivity contribution in [2.45, 2.75) is 76.3 Å². The SMILES string of the molecule is NCCCNCCCCNC(=O)OCC(=O)NCCCCCCCCN=CNN.O=C(O)C(F)(F)F.O=C(O)C(F)(F)F.O=C(O)C(F)(F)F. The Bertz CT molecular complexity index is 899. The van der Waals surface area contributed by atoms with Crippen molar-refractivity contribution in [2.75, 3.05) is 45.9 Å². The Morgan fingerprint density at radius 2 is 1.00 bits per heavy atom. The molecule has 0 atom stereocenters. The number of hydrogen-bond donors (Lipinski definition) is 9. The number of aliphatic carboxylic acids is 3. The molecule has 2 amide bonds. The van der Waals surface area contributed by atoms with E-state index in [2.05, 4.69) is 26.4 Å². The van der Waals surface area contributed by atoms with Crippen LogP contribution in [0.3, 0.4) is 0 Å². The molecule has 16 nitrogen and oxygen atoms in total. The number of aliphatic imine (C=N–C) groups is 1. The van der Waals surface area contributed by atoms with Crippen LogP contribution in [0.25, 0.3) is 0 Å². The van der Waals surface area contributed by atoms with E-state index in [9.17, 15) is 49.1 Å². The van der Waals surface area contributed by atoms with Crippen LogP contribution in [-0.4, -0.2) is 116 Å². The van der Waals surface area contributed by atoms with Gasteiger partial charge in [0.25, 0.3) is 5.91 Å². The Balaban J connectivity index is -0.000000403. The van der Waals surface area contributed by atoms with Gasteiger partial charge in [-0.25, -0.2) is 25.0 Å². The topological polar surface area (TPSA) is 268 Å². The van der Waals surface area contributed by atoms with E-state index in [0.717, 1.165) is 77.4 Å². The van der Waals surface area contributed by atoms with E-state index < -0.39 is 42.5 Å². The lowest BCUT2D eigenvalue weighted by atomic mass is 10.1. The molecular formula is C25H44F9N7O9. The monoisotopic (exact) mass is 757 g/mol. The van der Waals surface area contributed by atoms with E-state index in [1.54, 1.807) is 0 Å². The predicted octanol–water partition coefficient (Wildman–Crippen LogP) is 2.28. The standard InChI is InChI=1S/C19H41N7O3.3C2HF3O2/c20-10-9-13-22-11-7-8-15-25-19(28)29-16-18(27)24-14-6-4-2-1-3-5-12-23-17-26-21;3*3-2(4,5)1(6)7/h17,22H,1-16,20-21H2,(H,23,26)(H,24,27)(H,25,28);3*(H,6,7). The molecule has 0 aliphatic heterocycles. The molecule has 0 saturated carbocycles. The first kappa shape index (κ1) is 52.7. The molecule has 0 aromatic rings. The summed E-state index contributed by atoms with van der Waals surface area (Å²) in [6.45, 7) is 4.21. The van der Waals surface area contributed by atoms with Crippen molar-refractivity contribution >= 4 is 36.2 Å². The van der Waals surface area contributed by atoms with E-state index >= 15 is 0 Å². The molecule has 0 aliphatic rings. The van der Waals surface area contributed by atoms with Gasteiger partial charge in [-0.05, 0) is 51.7 Å². The Labute approximate surface area is 280 Å². The van der Waals surface area contributed by atoms with Crippen LogP contribution in [0, 0.1) is 0 Å². The van der Waals surface area contributed by atoms with Crippen LogP contribution >= 0.6 is 0 Å². The zero-order valence-corrected chi connectivity index (χ0v) is 26.7. The number of rotatable bonds is 20. The minimum absolute atomic E-state index is 0.245. The van der Waals surface area contributed by atoms with Crippen LogP contribution in [0.15, 0.2) is 4.99 Å². The molecule has 0 unspecified atom stereocenters. The molecule has 0 aromatic heterocycles. The normalized spacial score (nSPS) is 11.0. The maximum Gasteiger partial charge on any atom is 0.490 e. The first-order valence-corrected chi connectivity index (χ1v) is 14.5. The molecule has 11 N–H and O–H groups in total. The van der Waals surface area contributed by atoms with Crippen LogP contribution in [0.1, 0.15) is 57.8 Å². The Morgan fingerprint density at radius 1 is 0.620 bits per heavy atom. The number of carbonyl (C=O) groups is 5. The van der Waals surface area contributed by atoms with Crippen LogP contribution in [0.5, 0.6) is 0 Å². The fourth-order valence-corrected chi connectivity index (χ4v) is 2.53. The summed E-state index contributed by atoms with van der Waals surface area (Å²) in [5, 5.41) is 30.1. The number of unbranched alkanes of at least 4 members (excludes halogenated alkanes) is 6. The van der Waals surface area contributed by atoms with Crippen molar-refractivity contribution in [1.82, 2.24) is 21.4 Å². The zero-order valence-electron chi connectivity index (χ0n) is 26.7. The molecule has 25 heteroatoms. The fourth-order valence-electron chi connectivity index (χ4n) is 2.53. The number of halogens is 9. The van der Waals surface area contributed by atoms with E-state index in [-0.39, 0.29) is 12.5 Å². The number of hydrazine groups is 1. The third-order valence-electron chi connectivity index (χ3n) is 4.87. The summed E-state index contributed by atoms with van der Waals surface area (Å²) in [6, 6.07) is 0. The molecule has 0 spiro atoms. The number of hydrogen-bond acceptors (Lipinski definition) is 10. The number of alkyl carbamates (subject to hydrolysis) is 1. The summed E-state index contributed by atoms with van der Waals surface area (Å²) >= 11 is 0. The van der Waals surface area contributed by atoms with Crippen molar-refractivity contribution in [3.63, 3.8) is 0 Å². The molecule has 0 fully saturated rings. The smallest absolute Gasteiger partial charge is 0.475 e. The van der Waals surface area contributed by atoms with Gasteiger partial charge in [-0.1, -0.05) is 25.7 Å². The predicted molar refractivity (Wildman–Crippen MR) is 158 cm³/mol. The van der Waals surface area contributed by atoms with Crippen molar-refractivity contribution in [2.24, 2.45) is 16.6 Å². The summed E-state index contributed by atoms with van der Waals surface area (Å²) in [7, 11) is 0. The van der Waals surface area contributed by atoms with Gasteiger partial charge in [-0.15, -0.1) is 0 Å². The molecule has 0 heterocycles. The number of carboxylic acids is 3. The minimum Gasteiger partial charge on any atom is -0.475 e. The second-order valence-corrected chi connectivity index (χ2v) is 9.18. The highest BCUT2D eigenvalue weighted by molar-refractivity contribution is 5.80. The number of nitrogens with zero attached hydrogens (tertiary/aromatic N) is 1. The molecule has 0 bridgehead atoms. The van der Waals surface area contributed by atoms with E-state index in [1.165, 1.54) is 6.34 Å². The highest BCUT2D eigenvalue weighted by Crippen LogP contribution is 2.14. The van der Waals surface area contributed by atoms with Gasteiger partial charge in [0.1, 0.15) is 0 Å². The molecule has 0 aromatic carbocycles. The number of ether oxygens (including phenoxy) is 1. The third-order valence-corrected chi connectivity index (χ3v) is 4.87. The summed E-state index contributed by atoms with van der Waals surface area (Å²) < 4.78 is 100. The maximum absolute atomic E-state index is 11.6. The van der Waals surface area contributed by atoms with Crippen molar-refractivity contribution < 1.29 is 83.5 Å². The average Bonchev–Trinajstić information content (AvgIpc) is 2.99. The Morgan fingerprint density at radius 3 is 1.44 bits per heavy atom. The minimum atomic E-state index is -5.08. The largest absolute Gasteiger partial charge is 0.490 e. The van der Waals surface area contributed by atoms with Gasteiger partial charge in [0, 0.05) is 19.6 Å². The first-order valence-electron chi connectivity index (χ1n) is 14.5. The lowest BCUT2D eigenvalue weighted by Gasteiger charge is -2.08. The Kier molecular flexibility index (Phi) is 33.8. The van der Waals surface area contributed by atoms with Gasteiger partial charge >= 0.3 is 42.5 Å². The van der Waals surface area contributed by atoms with Crippen LogP contribution in [-0.2, 0) is 23.9 Å². The number of nitrogens with two attached hydrogens (primary N) is 2. The fraction of sp³-hybridized carbons (Fsp3) is 0.760. The quantitative estimate of drug-likeness (QED) is 0.0216. The molecule has 50 heavy (non-hydrogen) atoms. The number of carboxylic acid groups (broad SMARTS) is 3. The van der Waals surface area contributed by atoms with Gasteiger partial charge in [0.15, 0.2) is 6.61 Å². The van der Waals surface area contributed by atoms with Crippen molar-refractivity contribution in [3.8, 4) is 0 Å². The highest BCUT2D eigenvalue weighted by Gasteiger charge is 2.39. The van der Waals surface area contributed by atoms with E-state index in [4.69, 9.17) is 46.0 Å². The lowest BCUT2D eigenvalue weighted by molar-refractivity contribution is -0.193. The number of nitrogens with one attached hydrogen (secondary N) is 4. The number of carbonyl (C=O) groups excluding carboxylic acids is 2. The Hall–Kier alpha value is -4.13. The zero-order chi connectivity index (χ0) is 39.7.